The van der Waals surface area contributed by atoms with Crippen LogP contribution in [0, 0.1) is 0 Å². The molecule has 1 aromatic rings. The Hall–Kier alpha value is -1.96. The van der Waals surface area contributed by atoms with Gasteiger partial charge in [-0.2, -0.15) is 13.2 Å². The minimum atomic E-state index is -4.48. The van der Waals surface area contributed by atoms with Gasteiger partial charge < -0.3 is 10.1 Å². The van der Waals surface area contributed by atoms with Crippen LogP contribution < -0.4 is 5.32 Å². The normalized spacial score (nSPS) is 16.6. The summed E-state index contributed by atoms with van der Waals surface area (Å²) in [6.45, 7) is 0. The molecule has 1 aliphatic rings. The van der Waals surface area contributed by atoms with Gasteiger partial charge in [0.1, 0.15) is 0 Å². The number of benzene rings is 1. The molecule has 0 radical (unpaired) electrons. The Morgan fingerprint density at radius 2 is 2.10 bits per heavy atom. The number of esters is 1. The van der Waals surface area contributed by atoms with Gasteiger partial charge in [0.2, 0.25) is 0 Å². The maximum atomic E-state index is 12.6. The van der Waals surface area contributed by atoms with Gasteiger partial charge in [0, 0.05) is 11.0 Å². The van der Waals surface area contributed by atoms with Crippen molar-refractivity contribution < 1.29 is 27.5 Å². The Morgan fingerprint density at radius 3 is 2.70 bits per heavy atom. The molecule has 0 aromatic heterocycles. The van der Waals surface area contributed by atoms with Gasteiger partial charge in [-0.05, 0) is 18.2 Å². The SMILES string of the molecule is COC(=O)C=C1Sc2ccc(C(F)(F)F)cc2NC1=O. The molecule has 0 saturated heterocycles. The number of hydrogen-bond donors (Lipinski definition) is 1. The number of fused-ring (bicyclic) bond motifs is 1. The predicted octanol–water partition coefficient (Wildman–Crippen LogP) is 2.81. The minimum absolute atomic E-state index is 0.0594. The molecular weight excluding hydrogens is 295 g/mol. The first-order valence-electron chi connectivity index (χ1n) is 5.31. The van der Waals surface area contributed by atoms with Crippen molar-refractivity contribution in [3.8, 4) is 0 Å². The van der Waals surface area contributed by atoms with Gasteiger partial charge in [-0.15, -0.1) is 0 Å². The monoisotopic (exact) mass is 303 g/mol. The first-order chi connectivity index (χ1) is 9.31. The number of carbonyl (C=O) groups is 2. The van der Waals surface area contributed by atoms with E-state index in [1.807, 2.05) is 0 Å². The van der Waals surface area contributed by atoms with Crippen LogP contribution in [0.1, 0.15) is 5.56 Å². The van der Waals surface area contributed by atoms with E-state index in [2.05, 4.69) is 10.1 Å². The van der Waals surface area contributed by atoms with Crippen molar-refractivity contribution in [3.05, 3.63) is 34.7 Å². The fourth-order valence-corrected chi connectivity index (χ4v) is 2.39. The molecule has 1 amide bonds. The number of carbonyl (C=O) groups excluding carboxylic acids is 2. The van der Waals surface area contributed by atoms with Crippen molar-refractivity contribution in [2.75, 3.05) is 12.4 Å². The summed E-state index contributed by atoms with van der Waals surface area (Å²) in [7, 11) is 1.16. The van der Waals surface area contributed by atoms with Crippen LogP contribution in [0.3, 0.4) is 0 Å². The third-order valence-corrected chi connectivity index (χ3v) is 3.55. The van der Waals surface area contributed by atoms with Crippen LogP contribution in [0.4, 0.5) is 18.9 Å². The van der Waals surface area contributed by atoms with Crippen molar-refractivity contribution in [1.29, 1.82) is 0 Å². The summed E-state index contributed by atoms with van der Waals surface area (Å²) < 4.78 is 42.1. The second-order valence-corrected chi connectivity index (χ2v) is 4.88. The number of amides is 1. The van der Waals surface area contributed by atoms with Crippen LogP contribution in [0.2, 0.25) is 0 Å². The van der Waals surface area contributed by atoms with Crippen molar-refractivity contribution in [1.82, 2.24) is 0 Å². The van der Waals surface area contributed by atoms with Crippen LogP contribution in [0.15, 0.2) is 34.1 Å². The Kier molecular flexibility index (Phi) is 3.76. The molecule has 0 aliphatic carbocycles. The molecule has 2 rings (SSSR count). The van der Waals surface area contributed by atoms with Crippen molar-refractivity contribution in [3.63, 3.8) is 0 Å². The second-order valence-electron chi connectivity index (χ2n) is 3.80. The number of hydrogen-bond acceptors (Lipinski definition) is 4. The zero-order valence-electron chi connectivity index (χ0n) is 10.1. The van der Waals surface area contributed by atoms with Gasteiger partial charge in [-0.1, -0.05) is 11.8 Å². The first-order valence-corrected chi connectivity index (χ1v) is 6.13. The van der Waals surface area contributed by atoms with E-state index in [1.165, 1.54) is 6.07 Å². The number of thioether (sulfide) groups is 1. The molecule has 0 spiro atoms. The standard InChI is InChI=1S/C12H8F3NO3S/c1-19-10(17)5-9-11(18)16-7-4-6(12(13,14)15)2-3-8(7)20-9/h2-5H,1H3,(H,16,18). The topological polar surface area (TPSA) is 55.4 Å². The lowest BCUT2D eigenvalue weighted by Gasteiger charge is -2.19. The molecule has 20 heavy (non-hydrogen) atoms. The van der Waals surface area contributed by atoms with Crippen molar-refractivity contribution in [2.45, 2.75) is 11.1 Å². The number of rotatable bonds is 1. The van der Waals surface area contributed by atoms with E-state index in [0.29, 0.717) is 4.90 Å². The Labute approximate surface area is 116 Å². The fraction of sp³-hybridized carbons (Fsp3) is 0.167. The highest BCUT2D eigenvalue weighted by Gasteiger charge is 2.32. The fourth-order valence-electron chi connectivity index (χ4n) is 1.50. The van der Waals surface area contributed by atoms with Crippen LogP contribution >= 0.6 is 11.8 Å². The smallest absolute Gasteiger partial charge is 0.416 e. The van der Waals surface area contributed by atoms with Crippen LogP contribution in [0.25, 0.3) is 0 Å². The molecular formula is C12H8F3NO3S. The summed E-state index contributed by atoms with van der Waals surface area (Å²) >= 11 is 0.909. The molecule has 1 N–H and O–H groups in total. The van der Waals surface area contributed by atoms with E-state index in [-0.39, 0.29) is 10.6 Å². The lowest BCUT2D eigenvalue weighted by molar-refractivity contribution is -0.137. The molecule has 1 aliphatic heterocycles. The van der Waals surface area contributed by atoms with Gasteiger partial charge in [0.05, 0.1) is 23.3 Å². The minimum Gasteiger partial charge on any atom is -0.466 e. The van der Waals surface area contributed by atoms with Gasteiger partial charge >= 0.3 is 12.1 Å². The summed E-state index contributed by atoms with van der Waals surface area (Å²) in [5, 5.41) is 2.32. The molecule has 1 aromatic carbocycles. The Bertz CT molecular complexity index is 610. The van der Waals surface area contributed by atoms with Gasteiger partial charge in [-0.3, -0.25) is 4.79 Å². The zero-order valence-corrected chi connectivity index (χ0v) is 10.9. The highest BCUT2D eigenvalue weighted by atomic mass is 32.2. The molecule has 0 bridgehead atoms. The maximum Gasteiger partial charge on any atom is 0.416 e. The van der Waals surface area contributed by atoms with E-state index >= 15 is 0 Å². The number of ether oxygens (including phenoxy) is 1. The maximum absolute atomic E-state index is 12.6. The summed E-state index contributed by atoms with van der Waals surface area (Å²) in [6.07, 6.45) is -3.49. The van der Waals surface area contributed by atoms with Crippen molar-refractivity contribution in [2.24, 2.45) is 0 Å². The quantitative estimate of drug-likeness (QED) is 0.640. The largest absolute Gasteiger partial charge is 0.466 e. The third-order valence-electron chi connectivity index (χ3n) is 2.45. The molecule has 0 fully saturated rings. The second kappa shape index (κ2) is 5.20. The summed E-state index contributed by atoms with van der Waals surface area (Å²) in [4.78, 5) is 23.2. The van der Waals surface area contributed by atoms with E-state index in [0.717, 1.165) is 37.1 Å². The molecule has 0 saturated carbocycles. The van der Waals surface area contributed by atoms with Crippen LogP contribution in [-0.2, 0) is 20.5 Å². The zero-order chi connectivity index (χ0) is 14.9. The summed E-state index contributed by atoms with van der Waals surface area (Å²) in [6, 6.07) is 3.02. The van der Waals surface area contributed by atoms with E-state index in [9.17, 15) is 22.8 Å². The third kappa shape index (κ3) is 2.96. The molecule has 1 heterocycles. The molecule has 0 unspecified atom stereocenters. The van der Waals surface area contributed by atoms with Crippen LogP contribution in [-0.4, -0.2) is 19.0 Å². The lowest BCUT2D eigenvalue weighted by atomic mass is 10.2. The first kappa shape index (κ1) is 14.4. The van der Waals surface area contributed by atoms with E-state index in [1.54, 1.807) is 0 Å². The van der Waals surface area contributed by atoms with Crippen molar-refractivity contribution >= 4 is 29.3 Å². The highest BCUT2D eigenvalue weighted by molar-refractivity contribution is 8.04. The number of halogens is 3. The Balaban J connectivity index is 2.35. The number of methoxy groups -OCH3 is 1. The summed E-state index contributed by atoms with van der Waals surface area (Å²) in [5.74, 6) is -1.36. The molecule has 4 nitrogen and oxygen atoms in total. The lowest BCUT2D eigenvalue weighted by Crippen LogP contribution is -2.19. The van der Waals surface area contributed by atoms with E-state index < -0.39 is 23.6 Å². The number of anilines is 1. The number of alkyl halides is 3. The highest BCUT2D eigenvalue weighted by Crippen LogP contribution is 2.41. The average Bonchev–Trinajstić information content (AvgIpc) is 2.37. The Morgan fingerprint density at radius 1 is 1.40 bits per heavy atom. The van der Waals surface area contributed by atoms with Gasteiger partial charge in [0.25, 0.3) is 5.91 Å². The van der Waals surface area contributed by atoms with Gasteiger partial charge in [-0.25, -0.2) is 4.79 Å². The summed E-state index contributed by atoms with van der Waals surface area (Å²) in [5.41, 5.74) is -0.783. The number of nitrogens with one attached hydrogen (secondary N) is 1. The average molecular weight is 303 g/mol. The molecule has 0 atom stereocenters. The van der Waals surface area contributed by atoms with Crippen LogP contribution in [0.5, 0.6) is 0 Å². The predicted molar refractivity (Wildman–Crippen MR) is 66.0 cm³/mol. The van der Waals surface area contributed by atoms with E-state index in [4.69, 9.17) is 0 Å². The molecule has 106 valence electrons. The van der Waals surface area contributed by atoms with Gasteiger partial charge in [0.15, 0.2) is 0 Å². The molecule has 8 heteroatoms.